The van der Waals surface area contributed by atoms with Gasteiger partial charge in [0.25, 0.3) is 0 Å². The number of nitrogens with two attached hydrogens (primary N) is 1. The number of thiocarbonyl (C=S) groups is 1. The van der Waals surface area contributed by atoms with E-state index in [1.165, 1.54) is 19.5 Å². The zero-order chi connectivity index (χ0) is 15.2. The van der Waals surface area contributed by atoms with Crippen molar-refractivity contribution in [3.63, 3.8) is 0 Å². The van der Waals surface area contributed by atoms with E-state index >= 15 is 0 Å². The summed E-state index contributed by atoms with van der Waals surface area (Å²) in [5, 5.41) is 2.90. The summed E-state index contributed by atoms with van der Waals surface area (Å²) in [6.07, 6.45) is 2.74. The molecule has 114 valence electrons. The van der Waals surface area contributed by atoms with Gasteiger partial charge in [-0.2, -0.15) is 0 Å². The molecule has 1 saturated heterocycles. The number of benzene rings is 1. The third kappa shape index (κ3) is 5.10. The lowest BCUT2D eigenvalue weighted by Crippen LogP contribution is -2.23. The molecule has 3 N–H and O–H groups in total. The van der Waals surface area contributed by atoms with Crippen LogP contribution < -0.4 is 11.1 Å². The molecule has 0 bridgehead atoms. The molecule has 1 aliphatic heterocycles. The van der Waals surface area contributed by atoms with Crippen molar-refractivity contribution < 1.29 is 4.79 Å². The topological polar surface area (TPSA) is 58.4 Å². The maximum atomic E-state index is 11.9. The first-order chi connectivity index (χ1) is 10.0. The Bertz CT molecular complexity index is 501. The minimum Gasteiger partial charge on any atom is -0.389 e. The van der Waals surface area contributed by atoms with Crippen LogP contribution in [0.2, 0.25) is 0 Å². The summed E-state index contributed by atoms with van der Waals surface area (Å²) in [5.74, 6) is 0.858. The predicted octanol–water partition coefficient (Wildman–Crippen LogP) is 2.38. The highest BCUT2D eigenvalue weighted by Gasteiger charge is 2.17. The Balaban J connectivity index is 1.70. The van der Waals surface area contributed by atoms with Crippen molar-refractivity contribution in [1.29, 1.82) is 0 Å². The Labute approximate surface area is 131 Å². The maximum Gasteiger partial charge on any atom is 0.224 e. The molecule has 5 heteroatoms. The average molecular weight is 305 g/mol. The van der Waals surface area contributed by atoms with Gasteiger partial charge in [0.15, 0.2) is 0 Å². The first-order valence-corrected chi connectivity index (χ1v) is 7.87. The van der Waals surface area contributed by atoms with Crippen LogP contribution >= 0.6 is 12.2 Å². The highest BCUT2D eigenvalue weighted by molar-refractivity contribution is 7.80. The van der Waals surface area contributed by atoms with Gasteiger partial charge < -0.3 is 16.0 Å². The second-order valence-electron chi connectivity index (χ2n) is 5.79. The predicted molar refractivity (Wildman–Crippen MR) is 90.4 cm³/mol. The van der Waals surface area contributed by atoms with Crippen LogP contribution in [0.1, 0.15) is 31.7 Å². The first-order valence-electron chi connectivity index (χ1n) is 7.46. The number of nitrogens with zero attached hydrogens (tertiary/aromatic N) is 1. The quantitative estimate of drug-likeness (QED) is 0.792. The molecule has 2 rings (SSSR count). The molecule has 1 aromatic rings. The van der Waals surface area contributed by atoms with Crippen molar-refractivity contribution in [1.82, 2.24) is 4.90 Å². The fourth-order valence-electron chi connectivity index (χ4n) is 2.63. The molecule has 1 aromatic carbocycles. The van der Waals surface area contributed by atoms with Crippen LogP contribution in [0.15, 0.2) is 24.3 Å². The van der Waals surface area contributed by atoms with E-state index in [1.54, 1.807) is 0 Å². The SMILES string of the molecule is CC1CCN(CCCC(=O)Nc2ccc(C(N)=S)cc2)C1. The third-order valence-corrected chi connectivity index (χ3v) is 4.08. The normalized spacial score (nSPS) is 18.6. The van der Waals surface area contributed by atoms with Gasteiger partial charge in [-0.05, 0) is 56.1 Å². The summed E-state index contributed by atoms with van der Waals surface area (Å²) in [5.41, 5.74) is 7.14. The molecule has 1 unspecified atom stereocenters. The first kappa shape index (κ1) is 15.9. The highest BCUT2D eigenvalue weighted by atomic mass is 32.1. The highest BCUT2D eigenvalue weighted by Crippen LogP contribution is 2.15. The van der Waals surface area contributed by atoms with Crippen LogP contribution in [0, 0.1) is 5.92 Å². The van der Waals surface area contributed by atoms with E-state index in [0.717, 1.165) is 30.1 Å². The largest absolute Gasteiger partial charge is 0.389 e. The molecule has 1 amide bonds. The van der Waals surface area contributed by atoms with Crippen LogP contribution in [0.4, 0.5) is 5.69 Å². The summed E-state index contributed by atoms with van der Waals surface area (Å²) < 4.78 is 0. The lowest BCUT2D eigenvalue weighted by atomic mass is 10.2. The summed E-state index contributed by atoms with van der Waals surface area (Å²) in [6, 6.07) is 7.30. The van der Waals surface area contributed by atoms with Crippen LogP contribution in [0.25, 0.3) is 0 Å². The van der Waals surface area contributed by atoms with Crippen molar-refractivity contribution in [2.75, 3.05) is 25.0 Å². The van der Waals surface area contributed by atoms with Gasteiger partial charge in [0.05, 0.1) is 0 Å². The Morgan fingerprint density at radius 3 is 2.71 bits per heavy atom. The molecule has 0 spiro atoms. The Morgan fingerprint density at radius 2 is 2.14 bits per heavy atom. The average Bonchev–Trinajstić information content (AvgIpc) is 2.85. The second kappa shape index (κ2) is 7.52. The lowest BCUT2D eigenvalue weighted by molar-refractivity contribution is -0.116. The number of nitrogens with one attached hydrogen (secondary N) is 1. The summed E-state index contributed by atoms with van der Waals surface area (Å²) >= 11 is 4.90. The van der Waals surface area contributed by atoms with Gasteiger partial charge in [-0.3, -0.25) is 4.79 Å². The van der Waals surface area contributed by atoms with Gasteiger partial charge in [0.1, 0.15) is 4.99 Å². The molecule has 1 aliphatic rings. The minimum atomic E-state index is 0.0605. The number of hydrogen-bond donors (Lipinski definition) is 2. The van der Waals surface area contributed by atoms with E-state index in [9.17, 15) is 4.79 Å². The van der Waals surface area contributed by atoms with Gasteiger partial charge in [-0.1, -0.05) is 19.1 Å². The van der Waals surface area contributed by atoms with Gasteiger partial charge in [0, 0.05) is 24.2 Å². The van der Waals surface area contributed by atoms with E-state index in [4.69, 9.17) is 18.0 Å². The minimum absolute atomic E-state index is 0.0605. The molecular weight excluding hydrogens is 282 g/mol. The molecule has 1 fully saturated rings. The fraction of sp³-hybridized carbons (Fsp3) is 0.500. The Kier molecular flexibility index (Phi) is 5.70. The van der Waals surface area contributed by atoms with E-state index < -0.39 is 0 Å². The number of likely N-dealkylation sites (tertiary alicyclic amines) is 1. The Hall–Kier alpha value is -1.46. The second-order valence-corrected chi connectivity index (χ2v) is 6.23. The molecule has 0 aliphatic carbocycles. The summed E-state index contributed by atoms with van der Waals surface area (Å²) in [6.45, 7) is 5.63. The number of hydrogen-bond acceptors (Lipinski definition) is 3. The van der Waals surface area contributed by atoms with E-state index in [0.29, 0.717) is 11.4 Å². The van der Waals surface area contributed by atoms with E-state index in [1.807, 2.05) is 24.3 Å². The number of carbonyl (C=O) groups is 1. The van der Waals surface area contributed by atoms with Crippen molar-refractivity contribution in [3.05, 3.63) is 29.8 Å². The third-order valence-electron chi connectivity index (χ3n) is 3.84. The summed E-state index contributed by atoms with van der Waals surface area (Å²) in [4.78, 5) is 14.7. The molecule has 1 heterocycles. The van der Waals surface area contributed by atoms with Crippen LogP contribution in [-0.2, 0) is 4.79 Å². The Morgan fingerprint density at radius 1 is 1.43 bits per heavy atom. The molecule has 4 nitrogen and oxygen atoms in total. The van der Waals surface area contributed by atoms with Crippen molar-refractivity contribution >= 4 is 28.8 Å². The van der Waals surface area contributed by atoms with Gasteiger partial charge >= 0.3 is 0 Å². The number of amides is 1. The van der Waals surface area contributed by atoms with E-state index in [2.05, 4.69) is 17.1 Å². The maximum absolute atomic E-state index is 11.9. The number of anilines is 1. The van der Waals surface area contributed by atoms with E-state index in [-0.39, 0.29) is 5.91 Å². The zero-order valence-electron chi connectivity index (χ0n) is 12.5. The molecule has 0 radical (unpaired) electrons. The molecule has 0 saturated carbocycles. The summed E-state index contributed by atoms with van der Waals surface area (Å²) in [7, 11) is 0. The van der Waals surface area contributed by atoms with Crippen LogP contribution in [-0.4, -0.2) is 35.4 Å². The van der Waals surface area contributed by atoms with Gasteiger partial charge in [-0.25, -0.2) is 0 Å². The lowest BCUT2D eigenvalue weighted by Gasteiger charge is -2.14. The number of carbonyl (C=O) groups excluding carboxylic acids is 1. The monoisotopic (exact) mass is 305 g/mol. The molecule has 1 atom stereocenters. The molecular formula is C16H23N3OS. The van der Waals surface area contributed by atoms with Crippen LogP contribution in [0.5, 0.6) is 0 Å². The molecule has 21 heavy (non-hydrogen) atoms. The smallest absolute Gasteiger partial charge is 0.224 e. The van der Waals surface area contributed by atoms with Gasteiger partial charge in [-0.15, -0.1) is 0 Å². The van der Waals surface area contributed by atoms with Crippen molar-refractivity contribution in [3.8, 4) is 0 Å². The van der Waals surface area contributed by atoms with Crippen LogP contribution in [0.3, 0.4) is 0 Å². The van der Waals surface area contributed by atoms with Gasteiger partial charge in [0.2, 0.25) is 5.91 Å². The van der Waals surface area contributed by atoms with Crippen molar-refractivity contribution in [2.45, 2.75) is 26.2 Å². The fourth-order valence-corrected chi connectivity index (χ4v) is 2.77. The number of rotatable bonds is 6. The van der Waals surface area contributed by atoms with Crippen molar-refractivity contribution in [2.24, 2.45) is 11.7 Å². The standard InChI is InChI=1S/C16H23N3OS/c1-12-8-10-19(11-12)9-2-3-15(20)18-14-6-4-13(5-7-14)16(17)21/h4-7,12H,2-3,8-11H2,1H3,(H2,17,21)(H,18,20). The zero-order valence-corrected chi connectivity index (χ0v) is 13.3. The molecule has 0 aromatic heterocycles.